The van der Waals surface area contributed by atoms with E-state index in [1.165, 1.54) is 71.1 Å². The Kier molecular flexibility index (Phi) is 49.7. The molecule has 0 saturated carbocycles. The molecule has 0 aromatic rings. The molecule has 0 aromatic heterocycles. The highest BCUT2D eigenvalue weighted by Crippen LogP contribution is 2.36. The summed E-state index contributed by atoms with van der Waals surface area (Å²) in [4.78, 5) is 236. The van der Waals surface area contributed by atoms with Crippen molar-refractivity contribution in [3.63, 3.8) is 0 Å². The van der Waals surface area contributed by atoms with Gasteiger partial charge in [-0.3, -0.25) is 81.5 Å². The minimum Gasteiger partial charge on any atom is -0.481 e. The van der Waals surface area contributed by atoms with Gasteiger partial charge in [-0.1, -0.05) is 138 Å². The van der Waals surface area contributed by atoms with Gasteiger partial charge in [0, 0.05) is 73.2 Å². The molecular formula is C81H138N14O22S2. The maximum absolute atomic E-state index is 15.1. The average molecular weight is 1720 g/mol. The zero-order valence-corrected chi connectivity index (χ0v) is 73.0. The number of ketones is 1. The summed E-state index contributed by atoms with van der Waals surface area (Å²) < 4.78 is 5.75. The second kappa shape index (κ2) is 56.4. The Bertz CT molecular complexity index is 3330. The molecule has 13 atom stereocenters. The number of carboxylic acids is 3. The fourth-order valence-corrected chi connectivity index (χ4v) is 16.6. The Hall–Kier alpha value is -8.23. The number of hydrogen-bond donors (Lipinski definition) is 17. The lowest BCUT2D eigenvalue weighted by Gasteiger charge is -2.41. The number of hydrogen-bond acceptors (Lipinski definition) is 22. The summed E-state index contributed by atoms with van der Waals surface area (Å²) in [6.45, 7) is 15.8. The summed E-state index contributed by atoms with van der Waals surface area (Å²) >= 11 is 2.21. The zero-order valence-electron chi connectivity index (χ0n) is 71.4. The Morgan fingerprint density at radius 1 is 0.538 bits per heavy atom. The molecule has 3 rings (SSSR count). The largest absolute Gasteiger partial charge is 0.481 e. The molecular weight excluding hydrogens is 1590 g/mol. The van der Waals surface area contributed by atoms with Gasteiger partial charge in [-0.15, -0.1) is 0 Å². The SMILES string of the molecule is CCCCCCCCCCCCCCCCCC(=O)NCCC(=O)N[C@@H](CC(C)C)C(=O)N[C@@H](CC(C)C)C(=O)N[C@H]1CSCC2(COC2)CSC[C@@H](C(=O)N[C@@H](CC(C)C)C(=O)N[C@@H](CC(C)N)C(C)=O)NC(=O)[C@H](CCC(=O)O)NC(=O)CNC(=O)[C@H]([C@@H](C)O)NC(=O)[C@H](CCC(=O)O)NC(=O)[C@@H]2CCCN2C(=O)[C@H](CC(=O)O)NC1=O. The predicted octanol–water partition coefficient (Wildman–Crippen LogP) is 2.26. The maximum atomic E-state index is 15.1. The van der Waals surface area contributed by atoms with Gasteiger partial charge in [-0.05, 0) is 96.3 Å². The molecule has 3 aliphatic heterocycles. The molecule has 3 heterocycles. The highest BCUT2D eigenvalue weighted by Gasteiger charge is 2.44. The van der Waals surface area contributed by atoms with Crippen LogP contribution in [-0.2, 0) is 86.2 Å². The standard InChI is InChI=1S/C81H138N14O22S2/c1-11-12-13-14-15-16-17-18-19-20-21-22-23-24-25-28-64(98)83-34-33-65(99)86-57(36-48(2)3)73(109)89-59(38-50(6)7)75(111)93-62-43-119-47-81(44-117-45-81)46-118-42-61(76(112)90-58(37-49(4)5)74(110)88-56(52(9)96)39-51(8)82)92-71(107)54(29-31-67(101)102)85-66(100)41-84-79(115)70(53(10)97)94-72(108)55(30-32-68(103)104)87-78(114)63-27-26-35-95(63)80(116)60(40-69(105)106)91-77(62)113/h48-51,53-63,70,97H,11-47,82H2,1-10H3,(H,83,98)(H,84,115)(H,85,100)(H,86,99)(H,87,114)(H,88,110)(H,89,109)(H,90,112)(H,91,113)(H,92,107)(H,93,111)(H,94,108)(H,101,102)(H,103,104)(H,105,106)/t51?,53-,54+,55+,56+,57+,58+,59+,60+,61+,62+,63+,70+/m1/s1. The van der Waals surface area contributed by atoms with E-state index in [9.17, 15) is 97.1 Å². The van der Waals surface area contributed by atoms with Crippen molar-refractivity contribution in [1.29, 1.82) is 0 Å². The number of Topliss-reactive ketones (excluding diaryl/α,β-unsaturated/α-hetero) is 1. The number of nitrogens with zero attached hydrogens (tertiary/aromatic N) is 1. The number of carboxylic acid groups (broad SMARTS) is 3. The van der Waals surface area contributed by atoms with E-state index in [2.05, 4.69) is 70.7 Å². The highest BCUT2D eigenvalue weighted by molar-refractivity contribution is 8.00. The molecule has 18 N–H and O–H groups in total. The van der Waals surface area contributed by atoms with Gasteiger partial charge in [0.1, 0.15) is 60.4 Å². The van der Waals surface area contributed by atoms with Crippen molar-refractivity contribution in [2.45, 2.75) is 328 Å². The lowest BCUT2D eigenvalue weighted by Crippen LogP contribution is -2.61. The van der Waals surface area contributed by atoms with Crippen molar-refractivity contribution < 1.29 is 107 Å². The minimum absolute atomic E-state index is 0.00404. The van der Waals surface area contributed by atoms with Gasteiger partial charge in [0.05, 0.1) is 38.3 Å². The van der Waals surface area contributed by atoms with Crippen LogP contribution >= 0.6 is 23.5 Å². The fraction of sp³-hybridized carbons (Fsp3) is 0.790. The Morgan fingerprint density at radius 3 is 1.53 bits per heavy atom. The van der Waals surface area contributed by atoms with Gasteiger partial charge in [0.25, 0.3) is 0 Å². The summed E-state index contributed by atoms with van der Waals surface area (Å²) in [5.74, 6) is -18.1. The van der Waals surface area contributed by atoms with Crippen LogP contribution in [0.15, 0.2) is 0 Å². The van der Waals surface area contributed by atoms with Crippen molar-refractivity contribution in [2.24, 2.45) is 28.9 Å². The molecule has 13 amide bonds. The quantitative estimate of drug-likeness (QED) is 0.0389. The summed E-state index contributed by atoms with van der Waals surface area (Å²) in [5, 5.41) is 71.3. The molecule has 1 unspecified atom stereocenters. The summed E-state index contributed by atoms with van der Waals surface area (Å²) in [6.07, 6.45) is 12.4. The molecule has 0 bridgehead atoms. The van der Waals surface area contributed by atoms with Crippen molar-refractivity contribution >= 4 is 124 Å². The Balaban J connectivity index is 2.09. The number of thioether (sulfide) groups is 2. The predicted molar refractivity (Wildman–Crippen MR) is 447 cm³/mol. The van der Waals surface area contributed by atoms with E-state index < -0.39 is 217 Å². The van der Waals surface area contributed by atoms with Gasteiger partial charge in [0.2, 0.25) is 76.8 Å². The first kappa shape index (κ1) is 105. The normalized spacial score (nSPS) is 21.7. The lowest BCUT2D eigenvalue weighted by atomic mass is 9.91. The fourth-order valence-electron chi connectivity index (χ4n) is 13.9. The second-order valence-corrected chi connectivity index (χ2v) is 35.4. The van der Waals surface area contributed by atoms with Crippen molar-refractivity contribution in [3.8, 4) is 0 Å². The number of aliphatic hydroxyl groups excluding tert-OH is 1. The minimum atomic E-state index is -1.96. The van der Waals surface area contributed by atoms with E-state index in [-0.39, 0.29) is 118 Å². The van der Waals surface area contributed by atoms with E-state index in [1.54, 1.807) is 34.6 Å². The first-order chi connectivity index (χ1) is 56.2. The van der Waals surface area contributed by atoms with Crippen LogP contribution in [0.25, 0.3) is 0 Å². The third kappa shape index (κ3) is 42.2. The molecule has 119 heavy (non-hydrogen) atoms. The van der Waals surface area contributed by atoms with E-state index in [4.69, 9.17) is 10.5 Å². The van der Waals surface area contributed by atoms with Crippen molar-refractivity contribution in [3.05, 3.63) is 0 Å². The third-order valence-corrected chi connectivity index (χ3v) is 23.3. The number of unbranched alkanes of at least 4 members (excludes halogenated alkanes) is 14. The van der Waals surface area contributed by atoms with Gasteiger partial charge in [-0.2, -0.15) is 23.5 Å². The summed E-state index contributed by atoms with van der Waals surface area (Å²) in [7, 11) is 0. The maximum Gasteiger partial charge on any atom is 0.305 e. The smallest absolute Gasteiger partial charge is 0.305 e. The molecule has 0 aliphatic carbocycles. The number of ether oxygens (including phenoxy) is 1. The average Bonchev–Trinajstić information content (AvgIpc) is 1.76. The highest BCUT2D eigenvalue weighted by atomic mass is 32.2. The van der Waals surface area contributed by atoms with Crippen molar-refractivity contribution in [2.75, 3.05) is 55.9 Å². The molecule has 0 radical (unpaired) electrons. The molecule has 36 nitrogen and oxygen atoms in total. The lowest BCUT2D eigenvalue weighted by molar-refractivity contribution is -0.146. The molecule has 0 aromatic carbocycles. The van der Waals surface area contributed by atoms with Crippen molar-refractivity contribution in [1.82, 2.24) is 68.7 Å². The number of nitrogens with two attached hydrogens (primary N) is 1. The number of aliphatic carboxylic acids is 3. The van der Waals surface area contributed by atoms with Crippen LogP contribution in [0.1, 0.15) is 249 Å². The van der Waals surface area contributed by atoms with Crippen LogP contribution in [0.3, 0.4) is 0 Å². The van der Waals surface area contributed by atoms with Crippen LogP contribution in [0.5, 0.6) is 0 Å². The monoisotopic (exact) mass is 1720 g/mol. The van der Waals surface area contributed by atoms with E-state index in [0.717, 1.165) is 61.0 Å². The topological polar surface area (TPSA) is 554 Å². The van der Waals surface area contributed by atoms with Crippen LogP contribution < -0.4 is 69.5 Å². The van der Waals surface area contributed by atoms with Crippen LogP contribution in [-0.4, -0.2) is 260 Å². The second-order valence-electron chi connectivity index (χ2n) is 33.3. The van der Waals surface area contributed by atoms with Crippen LogP contribution in [0, 0.1) is 23.2 Å². The number of fused-ring (bicyclic) bond motifs is 1. The van der Waals surface area contributed by atoms with E-state index in [1.807, 2.05) is 13.8 Å². The van der Waals surface area contributed by atoms with Crippen LogP contribution in [0.2, 0.25) is 0 Å². The molecule has 38 heteroatoms. The number of aliphatic hydroxyl groups is 1. The molecule has 3 fully saturated rings. The first-order valence-electron chi connectivity index (χ1n) is 42.4. The number of rotatable bonds is 46. The molecule has 1 spiro atoms. The zero-order chi connectivity index (χ0) is 88.9. The molecule has 676 valence electrons. The van der Waals surface area contributed by atoms with Gasteiger partial charge >= 0.3 is 17.9 Å². The van der Waals surface area contributed by atoms with Crippen LogP contribution in [0.4, 0.5) is 0 Å². The molecule has 3 saturated heterocycles. The summed E-state index contributed by atoms with van der Waals surface area (Å²) in [6, 6.07) is -17.7. The molecule has 3 aliphatic rings. The van der Waals surface area contributed by atoms with E-state index >= 15 is 4.79 Å². The van der Waals surface area contributed by atoms with E-state index in [0.29, 0.717) is 12.8 Å². The summed E-state index contributed by atoms with van der Waals surface area (Å²) in [5.41, 5.74) is 5.20. The number of carbonyl (C=O) groups excluding carboxylic acids is 14. The number of nitrogens with one attached hydrogen (secondary N) is 12. The first-order valence-corrected chi connectivity index (χ1v) is 44.8. The van der Waals surface area contributed by atoms with Gasteiger partial charge in [-0.25, -0.2) is 0 Å². The number of carbonyl (C=O) groups is 17. The Morgan fingerprint density at radius 2 is 1.03 bits per heavy atom. The van der Waals surface area contributed by atoms with Gasteiger partial charge in [0.15, 0.2) is 5.78 Å². The Labute approximate surface area is 708 Å². The third-order valence-electron chi connectivity index (χ3n) is 20.5. The number of amides is 13. The van der Waals surface area contributed by atoms with Gasteiger partial charge < -0.3 is 99.6 Å².